The van der Waals surface area contributed by atoms with E-state index in [2.05, 4.69) is 5.32 Å². The van der Waals surface area contributed by atoms with Crippen molar-refractivity contribution in [3.63, 3.8) is 0 Å². The number of nitrogens with zero attached hydrogens (tertiary/aromatic N) is 2. The minimum Gasteiger partial charge on any atom is -0.339 e. The van der Waals surface area contributed by atoms with Gasteiger partial charge < -0.3 is 15.1 Å². The van der Waals surface area contributed by atoms with Gasteiger partial charge in [0.2, 0.25) is 11.8 Å². The van der Waals surface area contributed by atoms with Crippen LogP contribution in [0.1, 0.15) is 24.2 Å². The lowest BCUT2D eigenvalue weighted by Crippen LogP contribution is -2.34. The number of carbonyl (C=O) groups excluding carboxylic acids is 3. The molecule has 0 unspecified atom stereocenters. The third kappa shape index (κ3) is 4.48. The molecular weight excluding hydrogens is 314 g/mol. The van der Waals surface area contributed by atoms with Gasteiger partial charge in [-0.1, -0.05) is 0 Å². The fourth-order valence-electron chi connectivity index (χ4n) is 2.30. The number of benzene rings is 1. The van der Waals surface area contributed by atoms with Gasteiger partial charge in [-0.15, -0.1) is 11.8 Å². The number of thioether (sulfide) groups is 1. The summed E-state index contributed by atoms with van der Waals surface area (Å²) in [5.41, 5.74) is 1.21. The van der Waals surface area contributed by atoms with E-state index < -0.39 is 0 Å². The zero-order valence-corrected chi connectivity index (χ0v) is 14.2. The molecule has 7 heteroatoms. The van der Waals surface area contributed by atoms with Gasteiger partial charge in [0, 0.05) is 24.3 Å². The molecule has 1 N–H and O–H groups in total. The van der Waals surface area contributed by atoms with Gasteiger partial charge in [-0.05, 0) is 38.1 Å². The molecule has 3 amide bonds. The Morgan fingerprint density at radius 3 is 2.39 bits per heavy atom. The summed E-state index contributed by atoms with van der Waals surface area (Å²) >= 11 is 1.50. The Balaban J connectivity index is 1.93. The maximum atomic E-state index is 12.2. The summed E-state index contributed by atoms with van der Waals surface area (Å²) in [6, 6.07) is 6.81. The van der Waals surface area contributed by atoms with Crippen LogP contribution in [0, 0.1) is 0 Å². The fourth-order valence-corrected chi connectivity index (χ4v) is 3.21. The highest BCUT2D eigenvalue weighted by atomic mass is 32.2. The SMILES string of the molecule is CCN(CC)C(=O)c1ccc(NC(=O)CN2CSCC2=O)cc1. The van der Waals surface area contributed by atoms with Crippen LogP contribution < -0.4 is 5.32 Å². The second-order valence-corrected chi connectivity index (χ2v) is 6.13. The standard InChI is InChI=1S/C16H21N3O3S/c1-3-18(4-2)16(22)12-5-7-13(8-6-12)17-14(20)9-19-11-23-10-15(19)21/h5-8H,3-4,9-11H2,1-2H3,(H,17,20). The minimum absolute atomic E-state index is 0.00897. The van der Waals surface area contributed by atoms with E-state index in [9.17, 15) is 14.4 Å². The quantitative estimate of drug-likeness (QED) is 0.858. The Hall–Kier alpha value is -2.02. The average molecular weight is 335 g/mol. The van der Waals surface area contributed by atoms with Crippen LogP contribution in [-0.4, -0.2) is 58.8 Å². The van der Waals surface area contributed by atoms with Gasteiger partial charge in [0.15, 0.2) is 0 Å². The van der Waals surface area contributed by atoms with Crippen molar-refractivity contribution >= 4 is 35.2 Å². The Bertz CT molecular complexity index is 585. The molecule has 2 rings (SSSR count). The van der Waals surface area contributed by atoms with E-state index >= 15 is 0 Å². The van der Waals surface area contributed by atoms with Crippen molar-refractivity contribution in [1.82, 2.24) is 9.80 Å². The summed E-state index contributed by atoms with van der Waals surface area (Å²) in [6.45, 7) is 5.26. The molecule has 1 aromatic rings. The van der Waals surface area contributed by atoms with Crippen LogP contribution >= 0.6 is 11.8 Å². The van der Waals surface area contributed by atoms with Crippen molar-refractivity contribution < 1.29 is 14.4 Å². The summed E-state index contributed by atoms with van der Waals surface area (Å²) in [4.78, 5) is 38.9. The molecule has 0 aromatic heterocycles. The van der Waals surface area contributed by atoms with Crippen LogP contribution in [0.15, 0.2) is 24.3 Å². The molecule has 1 fully saturated rings. The van der Waals surface area contributed by atoms with Gasteiger partial charge >= 0.3 is 0 Å². The van der Waals surface area contributed by atoms with Crippen molar-refractivity contribution in [1.29, 1.82) is 0 Å². The third-order valence-corrected chi connectivity index (χ3v) is 4.57. The molecule has 1 aliphatic rings. The van der Waals surface area contributed by atoms with Gasteiger partial charge in [-0.3, -0.25) is 14.4 Å². The summed E-state index contributed by atoms with van der Waals surface area (Å²) in [5, 5.41) is 2.75. The molecule has 124 valence electrons. The van der Waals surface area contributed by atoms with Crippen molar-refractivity contribution in [2.75, 3.05) is 36.6 Å². The van der Waals surface area contributed by atoms with E-state index in [0.717, 1.165) is 0 Å². The number of amides is 3. The second kappa shape index (κ2) is 8.01. The Kier molecular flexibility index (Phi) is 6.04. The van der Waals surface area contributed by atoms with E-state index in [0.29, 0.717) is 36.0 Å². The van der Waals surface area contributed by atoms with Gasteiger partial charge in [0.1, 0.15) is 6.54 Å². The van der Waals surface area contributed by atoms with E-state index in [1.165, 1.54) is 16.7 Å². The number of carbonyl (C=O) groups is 3. The van der Waals surface area contributed by atoms with Crippen LogP contribution in [0.2, 0.25) is 0 Å². The Labute approximate surface area is 140 Å². The number of nitrogens with one attached hydrogen (secondary N) is 1. The number of rotatable bonds is 6. The van der Waals surface area contributed by atoms with Gasteiger partial charge in [-0.2, -0.15) is 0 Å². The van der Waals surface area contributed by atoms with E-state index in [1.807, 2.05) is 13.8 Å². The molecule has 6 nitrogen and oxygen atoms in total. The van der Waals surface area contributed by atoms with E-state index in [-0.39, 0.29) is 24.3 Å². The smallest absolute Gasteiger partial charge is 0.253 e. The van der Waals surface area contributed by atoms with Gasteiger partial charge in [-0.25, -0.2) is 0 Å². The first-order chi connectivity index (χ1) is 11.0. The topological polar surface area (TPSA) is 69.7 Å². The predicted molar refractivity (Wildman–Crippen MR) is 91.4 cm³/mol. The molecular formula is C16H21N3O3S. The van der Waals surface area contributed by atoms with Crippen LogP contribution in [-0.2, 0) is 9.59 Å². The summed E-state index contributed by atoms with van der Waals surface area (Å²) in [5.74, 6) is 0.737. The monoisotopic (exact) mass is 335 g/mol. The number of hydrogen-bond donors (Lipinski definition) is 1. The highest BCUT2D eigenvalue weighted by Gasteiger charge is 2.22. The van der Waals surface area contributed by atoms with Crippen LogP contribution in [0.5, 0.6) is 0 Å². The van der Waals surface area contributed by atoms with Gasteiger partial charge in [0.05, 0.1) is 11.6 Å². The molecule has 0 radical (unpaired) electrons. The molecule has 0 aliphatic carbocycles. The molecule has 0 saturated carbocycles. The molecule has 0 bridgehead atoms. The first-order valence-electron chi connectivity index (χ1n) is 7.59. The highest BCUT2D eigenvalue weighted by Crippen LogP contribution is 2.15. The largest absolute Gasteiger partial charge is 0.339 e. The number of anilines is 1. The maximum Gasteiger partial charge on any atom is 0.253 e. The molecule has 1 aliphatic heterocycles. The lowest BCUT2D eigenvalue weighted by Gasteiger charge is -2.18. The molecule has 1 aromatic carbocycles. The Morgan fingerprint density at radius 1 is 1.22 bits per heavy atom. The summed E-state index contributed by atoms with van der Waals surface area (Å²) in [6.07, 6.45) is 0. The zero-order chi connectivity index (χ0) is 16.8. The molecule has 23 heavy (non-hydrogen) atoms. The van der Waals surface area contributed by atoms with Gasteiger partial charge in [0.25, 0.3) is 5.91 Å². The second-order valence-electron chi connectivity index (χ2n) is 5.17. The van der Waals surface area contributed by atoms with Crippen molar-refractivity contribution in [2.45, 2.75) is 13.8 Å². The van der Waals surface area contributed by atoms with Crippen molar-refractivity contribution in [3.8, 4) is 0 Å². The predicted octanol–water partition coefficient (Wildman–Crippen LogP) is 1.64. The maximum absolute atomic E-state index is 12.2. The molecule has 1 heterocycles. The lowest BCUT2D eigenvalue weighted by molar-refractivity contribution is -0.130. The fraction of sp³-hybridized carbons (Fsp3) is 0.438. The zero-order valence-electron chi connectivity index (χ0n) is 13.4. The van der Waals surface area contributed by atoms with Crippen molar-refractivity contribution in [2.24, 2.45) is 0 Å². The van der Waals surface area contributed by atoms with Crippen molar-refractivity contribution in [3.05, 3.63) is 29.8 Å². The molecule has 1 saturated heterocycles. The van der Waals surface area contributed by atoms with Crippen LogP contribution in [0.4, 0.5) is 5.69 Å². The average Bonchev–Trinajstić information content (AvgIpc) is 2.94. The van der Waals surface area contributed by atoms with Crippen LogP contribution in [0.3, 0.4) is 0 Å². The first kappa shape index (κ1) is 17.3. The summed E-state index contributed by atoms with van der Waals surface area (Å²) in [7, 11) is 0. The molecule has 0 spiro atoms. The summed E-state index contributed by atoms with van der Waals surface area (Å²) < 4.78 is 0. The first-order valence-corrected chi connectivity index (χ1v) is 8.75. The van der Waals surface area contributed by atoms with E-state index in [1.54, 1.807) is 29.2 Å². The number of hydrogen-bond acceptors (Lipinski definition) is 4. The molecule has 0 atom stereocenters. The minimum atomic E-state index is -0.233. The Morgan fingerprint density at radius 2 is 1.87 bits per heavy atom. The van der Waals surface area contributed by atoms with Crippen LogP contribution in [0.25, 0.3) is 0 Å². The third-order valence-electron chi connectivity index (χ3n) is 3.63. The normalized spacial score (nSPS) is 14.0. The highest BCUT2D eigenvalue weighted by molar-refractivity contribution is 8.00. The van der Waals surface area contributed by atoms with E-state index in [4.69, 9.17) is 0 Å². The lowest BCUT2D eigenvalue weighted by atomic mass is 10.1.